The Morgan fingerprint density at radius 3 is 2.59 bits per heavy atom. The maximum Gasteiger partial charge on any atom is 0.222 e. The zero-order chi connectivity index (χ0) is 16.1. The van der Waals surface area contributed by atoms with Gasteiger partial charge in [0.05, 0.1) is 7.11 Å². The molecule has 1 amide bonds. The SMILES string of the molecule is COc1cc(C)c(CC(C)CC(=O)N2CCNCC2)cc1C. The molecule has 4 nitrogen and oxygen atoms in total. The average Bonchev–Trinajstić information content (AvgIpc) is 2.51. The molecule has 1 fully saturated rings. The zero-order valence-corrected chi connectivity index (χ0v) is 14.2. The molecule has 1 heterocycles. The predicted octanol–water partition coefficient (Wildman–Crippen LogP) is 2.31. The predicted molar refractivity (Wildman–Crippen MR) is 89.4 cm³/mol. The summed E-state index contributed by atoms with van der Waals surface area (Å²) >= 11 is 0. The lowest BCUT2D eigenvalue weighted by Crippen LogP contribution is -2.46. The topological polar surface area (TPSA) is 41.6 Å². The van der Waals surface area contributed by atoms with Gasteiger partial charge in [0.15, 0.2) is 0 Å². The van der Waals surface area contributed by atoms with E-state index in [1.165, 1.54) is 11.1 Å². The van der Waals surface area contributed by atoms with E-state index < -0.39 is 0 Å². The number of nitrogens with zero attached hydrogens (tertiary/aromatic N) is 1. The monoisotopic (exact) mass is 304 g/mol. The van der Waals surface area contributed by atoms with Crippen molar-refractivity contribution in [1.29, 1.82) is 0 Å². The molecule has 0 saturated carbocycles. The number of rotatable bonds is 5. The summed E-state index contributed by atoms with van der Waals surface area (Å²) in [7, 11) is 1.70. The van der Waals surface area contributed by atoms with Crippen LogP contribution < -0.4 is 10.1 Å². The molecule has 0 aromatic heterocycles. The van der Waals surface area contributed by atoms with Crippen molar-refractivity contribution >= 4 is 5.91 Å². The standard InChI is InChI=1S/C18H28N2O2/c1-13(10-18(21)20-7-5-19-6-8-20)9-16-11-15(3)17(22-4)12-14(16)2/h11-13,19H,5-10H2,1-4H3. The number of hydrogen-bond donors (Lipinski definition) is 1. The Hall–Kier alpha value is -1.55. The third-order valence-electron chi connectivity index (χ3n) is 4.41. The largest absolute Gasteiger partial charge is 0.496 e. The Morgan fingerprint density at radius 2 is 1.95 bits per heavy atom. The highest BCUT2D eigenvalue weighted by atomic mass is 16.5. The van der Waals surface area contributed by atoms with Crippen LogP contribution in [0, 0.1) is 19.8 Å². The zero-order valence-electron chi connectivity index (χ0n) is 14.2. The van der Waals surface area contributed by atoms with E-state index in [9.17, 15) is 4.79 Å². The number of piperazine rings is 1. The molecule has 0 bridgehead atoms. The summed E-state index contributed by atoms with van der Waals surface area (Å²) in [5.74, 6) is 1.58. The summed E-state index contributed by atoms with van der Waals surface area (Å²) in [6.45, 7) is 9.85. The van der Waals surface area contributed by atoms with Crippen molar-refractivity contribution in [2.75, 3.05) is 33.3 Å². The molecule has 22 heavy (non-hydrogen) atoms. The van der Waals surface area contributed by atoms with Crippen LogP contribution in [-0.4, -0.2) is 44.1 Å². The van der Waals surface area contributed by atoms with Crippen molar-refractivity contribution < 1.29 is 9.53 Å². The highest BCUT2D eigenvalue weighted by Gasteiger charge is 2.19. The van der Waals surface area contributed by atoms with Crippen molar-refractivity contribution in [2.45, 2.75) is 33.6 Å². The van der Waals surface area contributed by atoms with E-state index >= 15 is 0 Å². The number of aryl methyl sites for hydroxylation is 2. The Kier molecular flexibility index (Phi) is 5.83. The minimum Gasteiger partial charge on any atom is -0.496 e. The molecule has 1 atom stereocenters. The summed E-state index contributed by atoms with van der Waals surface area (Å²) in [6.07, 6.45) is 1.57. The Bertz CT molecular complexity index is 522. The molecular weight excluding hydrogens is 276 g/mol. The fourth-order valence-electron chi connectivity index (χ4n) is 3.08. The summed E-state index contributed by atoms with van der Waals surface area (Å²) < 4.78 is 5.36. The number of carbonyl (C=O) groups is 1. The number of amides is 1. The first-order valence-electron chi connectivity index (χ1n) is 8.14. The molecule has 1 aliphatic heterocycles. The van der Waals surface area contributed by atoms with Crippen LogP contribution >= 0.6 is 0 Å². The first-order chi connectivity index (χ1) is 10.5. The molecule has 0 radical (unpaired) electrons. The van der Waals surface area contributed by atoms with Gasteiger partial charge in [-0.1, -0.05) is 13.0 Å². The first-order valence-corrected chi connectivity index (χ1v) is 8.14. The summed E-state index contributed by atoms with van der Waals surface area (Å²) in [6, 6.07) is 4.29. The maximum atomic E-state index is 12.3. The Labute approximate surface area is 133 Å². The molecule has 1 saturated heterocycles. The van der Waals surface area contributed by atoms with Gasteiger partial charge in [-0.15, -0.1) is 0 Å². The Morgan fingerprint density at radius 1 is 1.27 bits per heavy atom. The third-order valence-corrected chi connectivity index (χ3v) is 4.41. The van der Waals surface area contributed by atoms with Crippen LogP contribution in [0.4, 0.5) is 0 Å². The van der Waals surface area contributed by atoms with E-state index in [-0.39, 0.29) is 5.91 Å². The van der Waals surface area contributed by atoms with Gasteiger partial charge in [-0.25, -0.2) is 0 Å². The van der Waals surface area contributed by atoms with Crippen molar-refractivity contribution in [2.24, 2.45) is 5.92 Å². The minimum atomic E-state index is 0.289. The molecule has 1 aromatic carbocycles. The van der Waals surface area contributed by atoms with E-state index in [1.807, 2.05) is 4.90 Å². The molecule has 1 aliphatic rings. The maximum absolute atomic E-state index is 12.3. The summed E-state index contributed by atoms with van der Waals surface area (Å²) in [5, 5.41) is 3.28. The molecule has 2 rings (SSSR count). The summed E-state index contributed by atoms with van der Waals surface area (Å²) in [5.41, 5.74) is 3.71. The second kappa shape index (κ2) is 7.63. The summed E-state index contributed by atoms with van der Waals surface area (Å²) in [4.78, 5) is 14.3. The van der Waals surface area contributed by atoms with Gasteiger partial charge < -0.3 is 15.0 Å². The minimum absolute atomic E-state index is 0.289. The molecule has 0 aliphatic carbocycles. The molecule has 1 aromatic rings. The number of hydrogen-bond acceptors (Lipinski definition) is 3. The van der Waals surface area contributed by atoms with E-state index in [0.717, 1.165) is 43.9 Å². The van der Waals surface area contributed by atoms with Crippen molar-refractivity contribution in [3.8, 4) is 5.75 Å². The molecule has 122 valence electrons. The van der Waals surface area contributed by atoms with Gasteiger partial charge in [-0.05, 0) is 48.9 Å². The number of carbonyl (C=O) groups excluding carboxylic acids is 1. The van der Waals surface area contributed by atoms with E-state index in [4.69, 9.17) is 4.74 Å². The molecule has 1 N–H and O–H groups in total. The molecule has 4 heteroatoms. The number of benzene rings is 1. The second-order valence-electron chi connectivity index (χ2n) is 6.39. The van der Waals surface area contributed by atoms with Crippen molar-refractivity contribution in [3.05, 3.63) is 28.8 Å². The highest BCUT2D eigenvalue weighted by Crippen LogP contribution is 2.25. The fraction of sp³-hybridized carbons (Fsp3) is 0.611. The van der Waals surface area contributed by atoms with Gasteiger partial charge in [0.2, 0.25) is 5.91 Å². The van der Waals surface area contributed by atoms with E-state index in [0.29, 0.717) is 12.3 Å². The fourth-order valence-corrected chi connectivity index (χ4v) is 3.08. The Balaban J connectivity index is 1.95. The molecular formula is C18H28N2O2. The van der Waals surface area contributed by atoms with Gasteiger partial charge >= 0.3 is 0 Å². The quantitative estimate of drug-likeness (QED) is 0.907. The van der Waals surface area contributed by atoms with Crippen LogP contribution in [0.2, 0.25) is 0 Å². The lowest BCUT2D eigenvalue weighted by atomic mass is 9.93. The van der Waals surface area contributed by atoms with Gasteiger partial charge in [0.1, 0.15) is 5.75 Å². The smallest absolute Gasteiger partial charge is 0.222 e. The van der Waals surface area contributed by atoms with E-state index in [2.05, 4.69) is 38.2 Å². The number of methoxy groups -OCH3 is 1. The first kappa shape index (κ1) is 16.8. The van der Waals surface area contributed by atoms with Crippen molar-refractivity contribution in [1.82, 2.24) is 10.2 Å². The average molecular weight is 304 g/mol. The van der Waals surface area contributed by atoms with Gasteiger partial charge in [0.25, 0.3) is 0 Å². The molecule has 1 unspecified atom stereocenters. The van der Waals surface area contributed by atoms with Gasteiger partial charge in [0, 0.05) is 32.6 Å². The van der Waals surface area contributed by atoms with Crippen LogP contribution in [0.3, 0.4) is 0 Å². The van der Waals surface area contributed by atoms with Crippen LogP contribution in [0.25, 0.3) is 0 Å². The highest BCUT2D eigenvalue weighted by molar-refractivity contribution is 5.76. The normalized spacial score (nSPS) is 16.5. The van der Waals surface area contributed by atoms with Crippen LogP contribution in [0.5, 0.6) is 5.75 Å². The van der Waals surface area contributed by atoms with Crippen LogP contribution in [-0.2, 0) is 11.2 Å². The van der Waals surface area contributed by atoms with Gasteiger partial charge in [-0.3, -0.25) is 4.79 Å². The lowest BCUT2D eigenvalue weighted by molar-refractivity contribution is -0.132. The number of ether oxygens (including phenoxy) is 1. The number of nitrogens with one attached hydrogen (secondary N) is 1. The third kappa shape index (κ3) is 4.23. The lowest BCUT2D eigenvalue weighted by Gasteiger charge is -2.28. The van der Waals surface area contributed by atoms with E-state index in [1.54, 1.807) is 7.11 Å². The van der Waals surface area contributed by atoms with Crippen LogP contribution in [0.1, 0.15) is 30.0 Å². The van der Waals surface area contributed by atoms with Crippen molar-refractivity contribution in [3.63, 3.8) is 0 Å². The van der Waals surface area contributed by atoms with Crippen LogP contribution in [0.15, 0.2) is 12.1 Å². The van der Waals surface area contributed by atoms with Gasteiger partial charge in [-0.2, -0.15) is 0 Å². The molecule has 0 spiro atoms. The second-order valence-corrected chi connectivity index (χ2v) is 6.39.